The molecule has 1 fully saturated rings. The van der Waals surface area contributed by atoms with Gasteiger partial charge in [0.2, 0.25) is 0 Å². The number of thiophene rings is 2. The lowest BCUT2D eigenvalue weighted by atomic mass is 10.1. The number of aromatic nitrogens is 2. The predicted molar refractivity (Wildman–Crippen MR) is 114 cm³/mol. The molecular weight excluding hydrogens is 408 g/mol. The van der Waals surface area contributed by atoms with Gasteiger partial charge in [0.1, 0.15) is 4.83 Å². The minimum Gasteiger partial charge on any atom is -0.379 e. The normalized spacial score (nSPS) is 17.6. The van der Waals surface area contributed by atoms with Crippen molar-refractivity contribution in [3.8, 4) is 0 Å². The molecule has 0 aliphatic carbocycles. The summed E-state index contributed by atoms with van der Waals surface area (Å²) in [5.74, 6) is 0.0685. The van der Waals surface area contributed by atoms with Crippen molar-refractivity contribution in [2.45, 2.75) is 19.5 Å². The lowest BCUT2D eigenvalue weighted by Gasteiger charge is -2.27. The molecule has 7 nitrogen and oxygen atoms in total. The van der Waals surface area contributed by atoms with E-state index in [4.69, 9.17) is 4.74 Å². The van der Waals surface area contributed by atoms with Crippen molar-refractivity contribution in [1.29, 1.82) is 0 Å². The van der Waals surface area contributed by atoms with Crippen molar-refractivity contribution in [3.05, 3.63) is 49.5 Å². The first kappa shape index (κ1) is 18.9. The van der Waals surface area contributed by atoms with Crippen LogP contribution >= 0.6 is 22.7 Å². The fourth-order valence-electron chi connectivity index (χ4n) is 3.98. The molecule has 9 heteroatoms. The van der Waals surface area contributed by atoms with E-state index in [0.717, 1.165) is 58.4 Å². The van der Waals surface area contributed by atoms with Gasteiger partial charge in [-0.25, -0.2) is 4.98 Å². The van der Waals surface area contributed by atoms with E-state index in [2.05, 4.69) is 9.88 Å². The van der Waals surface area contributed by atoms with E-state index in [-0.39, 0.29) is 11.5 Å². The van der Waals surface area contributed by atoms with Crippen LogP contribution in [0.15, 0.2) is 28.6 Å². The summed E-state index contributed by atoms with van der Waals surface area (Å²) in [6.45, 7) is 5.98. The number of nitrogens with zero attached hydrogens (tertiary/aromatic N) is 4. The highest BCUT2D eigenvalue weighted by molar-refractivity contribution is 7.18. The monoisotopic (exact) mass is 430 g/mol. The molecule has 0 unspecified atom stereocenters. The van der Waals surface area contributed by atoms with Gasteiger partial charge in [0.25, 0.3) is 11.5 Å². The van der Waals surface area contributed by atoms with E-state index >= 15 is 0 Å². The number of carbonyl (C=O) groups is 1. The third-order valence-corrected chi connectivity index (χ3v) is 7.59. The van der Waals surface area contributed by atoms with Gasteiger partial charge in [0.05, 0.1) is 36.3 Å². The first-order chi connectivity index (χ1) is 14.2. The topological polar surface area (TPSA) is 67.7 Å². The molecule has 3 aromatic heterocycles. The van der Waals surface area contributed by atoms with Gasteiger partial charge in [-0.1, -0.05) is 6.07 Å². The third kappa shape index (κ3) is 3.63. The van der Waals surface area contributed by atoms with Gasteiger partial charge in [-0.2, -0.15) is 0 Å². The molecule has 2 aliphatic heterocycles. The Balaban J connectivity index is 1.38. The molecule has 152 valence electrons. The first-order valence-electron chi connectivity index (χ1n) is 9.83. The fourth-order valence-corrected chi connectivity index (χ4v) is 5.87. The van der Waals surface area contributed by atoms with E-state index in [0.29, 0.717) is 26.1 Å². The lowest BCUT2D eigenvalue weighted by Crippen LogP contribution is -2.39. The maximum Gasteiger partial charge on any atom is 0.264 e. The average molecular weight is 431 g/mol. The van der Waals surface area contributed by atoms with Crippen LogP contribution in [0.1, 0.15) is 20.1 Å². The van der Waals surface area contributed by atoms with Crippen LogP contribution in [0.4, 0.5) is 0 Å². The summed E-state index contributed by atoms with van der Waals surface area (Å²) >= 11 is 3.01. The van der Waals surface area contributed by atoms with Gasteiger partial charge in [0, 0.05) is 37.6 Å². The molecule has 0 aromatic carbocycles. The van der Waals surface area contributed by atoms with E-state index < -0.39 is 0 Å². The molecule has 0 bridgehead atoms. The zero-order chi connectivity index (χ0) is 19.8. The van der Waals surface area contributed by atoms with E-state index in [1.54, 1.807) is 22.2 Å². The molecule has 0 saturated carbocycles. The van der Waals surface area contributed by atoms with Crippen LogP contribution < -0.4 is 5.56 Å². The summed E-state index contributed by atoms with van der Waals surface area (Å²) in [5.41, 5.74) is 1.12. The van der Waals surface area contributed by atoms with Crippen molar-refractivity contribution in [1.82, 2.24) is 19.4 Å². The van der Waals surface area contributed by atoms with Crippen LogP contribution in [-0.2, 0) is 24.2 Å². The highest BCUT2D eigenvalue weighted by Crippen LogP contribution is 2.33. The Hall–Kier alpha value is -2.07. The Morgan fingerprint density at radius 1 is 1.21 bits per heavy atom. The number of morpholine rings is 1. The van der Waals surface area contributed by atoms with Crippen LogP contribution in [0.5, 0.6) is 0 Å². The van der Waals surface area contributed by atoms with Crippen molar-refractivity contribution < 1.29 is 9.53 Å². The van der Waals surface area contributed by atoms with Crippen molar-refractivity contribution in [2.75, 3.05) is 39.4 Å². The number of rotatable bonds is 4. The molecule has 0 N–H and O–H groups in total. The smallest absolute Gasteiger partial charge is 0.264 e. The second-order valence-electron chi connectivity index (χ2n) is 7.34. The fraction of sp³-hybridized carbons (Fsp3) is 0.450. The summed E-state index contributed by atoms with van der Waals surface area (Å²) in [5, 5.41) is 2.67. The molecule has 0 spiro atoms. The minimum atomic E-state index is 0.0405. The van der Waals surface area contributed by atoms with Crippen LogP contribution in [0.25, 0.3) is 10.2 Å². The largest absolute Gasteiger partial charge is 0.379 e. The molecule has 5 rings (SSSR count). The minimum absolute atomic E-state index is 0.0405. The standard InChI is InChI=1S/C20H22N4O3S2/c25-19(15-2-1-11-28-15)23-4-3-14-16(12-23)29-18-17(14)20(26)24(13-21-18)6-5-22-7-9-27-10-8-22/h1-2,11,13H,3-10,12H2. The van der Waals surface area contributed by atoms with Crippen molar-refractivity contribution in [3.63, 3.8) is 0 Å². The second-order valence-corrected chi connectivity index (χ2v) is 9.37. The zero-order valence-corrected chi connectivity index (χ0v) is 17.6. The molecule has 5 heterocycles. The molecule has 0 radical (unpaired) electrons. The second kappa shape index (κ2) is 7.98. The Kier molecular flexibility index (Phi) is 5.21. The molecule has 1 saturated heterocycles. The average Bonchev–Trinajstić information content (AvgIpc) is 3.41. The quantitative estimate of drug-likeness (QED) is 0.634. The van der Waals surface area contributed by atoms with E-state index in [9.17, 15) is 9.59 Å². The number of ether oxygens (including phenoxy) is 1. The highest BCUT2D eigenvalue weighted by Gasteiger charge is 2.27. The molecule has 2 aliphatic rings. The molecule has 3 aromatic rings. The summed E-state index contributed by atoms with van der Waals surface area (Å²) in [4.78, 5) is 37.2. The number of carbonyl (C=O) groups excluding carboxylic acids is 1. The highest BCUT2D eigenvalue weighted by atomic mass is 32.1. The predicted octanol–water partition coefficient (Wildman–Crippen LogP) is 2.05. The van der Waals surface area contributed by atoms with Gasteiger partial charge in [-0.3, -0.25) is 19.1 Å². The molecule has 0 atom stereocenters. The van der Waals surface area contributed by atoms with Crippen LogP contribution in [-0.4, -0.2) is 64.7 Å². The maximum absolute atomic E-state index is 13.1. The van der Waals surface area contributed by atoms with Crippen LogP contribution in [0.2, 0.25) is 0 Å². The van der Waals surface area contributed by atoms with E-state index in [1.807, 2.05) is 22.4 Å². The molecule has 29 heavy (non-hydrogen) atoms. The van der Waals surface area contributed by atoms with Crippen LogP contribution in [0, 0.1) is 0 Å². The number of hydrogen-bond donors (Lipinski definition) is 0. The number of fused-ring (bicyclic) bond motifs is 3. The van der Waals surface area contributed by atoms with Gasteiger partial charge in [-0.15, -0.1) is 22.7 Å². The maximum atomic E-state index is 13.1. The summed E-state index contributed by atoms with van der Waals surface area (Å²) in [6.07, 6.45) is 2.37. The number of amides is 1. The SMILES string of the molecule is O=C(c1cccs1)N1CCc2c(sc3ncn(CCN4CCOCC4)c(=O)c23)C1. The Labute approximate surface area is 176 Å². The van der Waals surface area contributed by atoms with Crippen molar-refractivity contribution in [2.24, 2.45) is 0 Å². The van der Waals surface area contributed by atoms with Gasteiger partial charge in [0.15, 0.2) is 0 Å². The lowest BCUT2D eigenvalue weighted by molar-refractivity contribution is 0.0362. The Morgan fingerprint density at radius 3 is 2.86 bits per heavy atom. The van der Waals surface area contributed by atoms with E-state index in [1.165, 1.54) is 11.3 Å². The Bertz CT molecular complexity index is 1080. The first-order valence-corrected chi connectivity index (χ1v) is 11.5. The van der Waals surface area contributed by atoms with Crippen molar-refractivity contribution >= 4 is 38.8 Å². The third-order valence-electron chi connectivity index (χ3n) is 5.61. The van der Waals surface area contributed by atoms with Gasteiger partial charge in [-0.05, 0) is 23.4 Å². The molecule has 1 amide bonds. The summed E-state index contributed by atoms with van der Waals surface area (Å²) in [6, 6.07) is 3.76. The number of hydrogen-bond acceptors (Lipinski definition) is 7. The Morgan fingerprint density at radius 2 is 2.07 bits per heavy atom. The van der Waals surface area contributed by atoms with Gasteiger partial charge < -0.3 is 9.64 Å². The zero-order valence-electron chi connectivity index (χ0n) is 16.0. The summed E-state index contributed by atoms with van der Waals surface area (Å²) < 4.78 is 7.12. The summed E-state index contributed by atoms with van der Waals surface area (Å²) in [7, 11) is 0. The van der Waals surface area contributed by atoms with Gasteiger partial charge >= 0.3 is 0 Å². The van der Waals surface area contributed by atoms with Crippen LogP contribution in [0.3, 0.4) is 0 Å². The molecular formula is C20H22N4O3S2.